The van der Waals surface area contributed by atoms with Gasteiger partial charge in [-0.2, -0.15) is 14.6 Å². The maximum Gasteiger partial charge on any atom is 0.268 e. The molecule has 0 unspecified atom stereocenters. The lowest BCUT2D eigenvalue weighted by atomic mass is 10.1. The monoisotopic (exact) mass is 542 g/mol. The Hall–Kier alpha value is -3.95. The number of rotatable bonds is 12. The summed E-state index contributed by atoms with van der Waals surface area (Å²) in [5.74, 6) is 1.01. The van der Waals surface area contributed by atoms with Crippen LogP contribution in [0.2, 0.25) is 0 Å². The third-order valence-corrected chi connectivity index (χ3v) is 6.56. The molecule has 1 aromatic heterocycles. The van der Waals surface area contributed by atoms with Crippen molar-refractivity contribution >= 4 is 38.5 Å². The Kier molecular flexibility index (Phi) is 9.59. The van der Waals surface area contributed by atoms with Gasteiger partial charge in [-0.25, -0.2) is 8.42 Å². The molecule has 0 aliphatic rings. The van der Waals surface area contributed by atoms with Crippen molar-refractivity contribution in [3.63, 3.8) is 0 Å². The van der Waals surface area contributed by atoms with Crippen LogP contribution in [-0.2, 0) is 21.1 Å². The number of methoxy groups -OCH3 is 1. The Balaban J connectivity index is 1.57. The minimum absolute atomic E-state index is 0.0325. The second-order valence-electron chi connectivity index (χ2n) is 7.74. The van der Waals surface area contributed by atoms with E-state index in [0.717, 1.165) is 18.4 Å². The van der Waals surface area contributed by atoms with E-state index >= 15 is 0 Å². The fourth-order valence-electron chi connectivity index (χ4n) is 3.04. The summed E-state index contributed by atoms with van der Waals surface area (Å²) in [5.41, 5.74) is 1.57. The summed E-state index contributed by atoms with van der Waals surface area (Å²) >= 11 is 0.704. The van der Waals surface area contributed by atoms with Gasteiger partial charge in [0.15, 0.2) is 11.5 Å². The lowest BCUT2D eigenvalue weighted by Gasteiger charge is -2.12. The van der Waals surface area contributed by atoms with Crippen molar-refractivity contribution in [3.05, 3.63) is 59.2 Å². The number of amides is 1. The van der Waals surface area contributed by atoms with Crippen LogP contribution in [0.3, 0.4) is 0 Å². The largest absolute Gasteiger partial charge is 0.493 e. The number of hydrogen-bond donors (Lipinski definition) is 1. The summed E-state index contributed by atoms with van der Waals surface area (Å²) in [6.07, 6.45) is 3.97. The predicted octanol–water partition coefficient (Wildman–Crippen LogP) is 3.91. The first-order chi connectivity index (χ1) is 17.7. The summed E-state index contributed by atoms with van der Waals surface area (Å²) < 4.78 is 43.6. The van der Waals surface area contributed by atoms with Gasteiger partial charge in [-0.1, -0.05) is 25.1 Å². The number of nitriles is 1. The zero-order chi connectivity index (χ0) is 26.8. The molecule has 0 aliphatic heterocycles. The van der Waals surface area contributed by atoms with Gasteiger partial charge >= 0.3 is 0 Å². The number of sulfone groups is 1. The molecule has 0 fully saturated rings. The SMILES string of the molecule is CCc1ccc(OCCCOc2ccc(/C=C(/C#N)C(=O)Nc3nc(S(C)(=O)=O)ns3)cc2OC)cc1. The normalized spacial score (nSPS) is 11.5. The maximum absolute atomic E-state index is 12.5. The number of anilines is 1. The molecule has 12 heteroatoms. The summed E-state index contributed by atoms with van der Waals surface area (Å²) in [7, 11) is -2.11. The number of aromatic nitrogens is 2. The number of benzene rings is 2. The van der Waals surface area contributed by atoms with Gasteiger partial charge in [0.2, 0.25) is 15.0 Å². The molecular formula is C25H26N4O6S2. The number of ether oxygens (including phenoxy) is 3. The van der Waals surface area contributed by atoms with Crippen LogP contribution >= 0.6 is 11.5 Å². The third kappa shape index (κ3) is 8.03. The molecule has 2 aromatic carbocycles. The zero-order valence-corrected chi connectivity index (χ0v) is 22.2. The van der Waals surface area contributed by atoms with Gasteiger partial charge in [0.05, 0.1) is 20.3 Å². The number of nitrogens with zero attached hydrogens (tertiary/aromatic N) is 3. The molecule has 0 atom stereocenters. The lowest BCUT2D eigenvalue weighted by Crippen LogP contribution is -2.13. The first-order valence-electron chi connectivity index (χ1n) is 11.2. The van der Waals surface area contributed by atoms with Crippen LogP contribution in [-0.4, -0.2) is 50.3 Å². The van der Waals surface area contributed by atoms with Gasteiger partial charge in [-0.15, -0.1) is 0 Å². The molecule has 3 aromatic rings. The standard InChI is InChI=1S/C25H26N4O6S2/c1-4-17-6-9-20(10-7-17)34-12-5-13-35-21-11-8-18(15-22(21)33-2)14-19(16-26)23(30)27-24-28-25(29-36-24)37(3,31)32/h6-11,14-15H,4-5,12-13H2,1-3H3,(H,27,28,29,30)/b19-14-. The van der Waals surface area contributed by atoms with Gasteiger partial charge in [-0.05, 0) is 47.9 Å². The highest BCUT2D eigenvalue weighted by atomic mass is 32.2. The van der Waals surface area contributed by atoms with Crippen LogP contribution in [0.4, 0.5) is 5.13 Å². The van der Waals surface area contributed by atoms with E-state index in [0.29, 0.717) is 48.2 Å². The van der Waals surface area contributed by atoms with Gasteiger partial charge in [-0.3, -0.25) is 10.1 Å². The molecule has 1 amide bonds. The van der Waals surface area contributed by atoms with Crippen molar-refractivity contribution < 1.29 is 27.4 Å². The molecule has 1 heterocycles. The highest BCUT2D eigenvalue weighted by Crippen LogP contribution is 2.29. The summed E-state index contributed by atoms with van der Waals surface area (Å²) in [4.78, 5) is 16.2. The van der Waals surface area contributed by atoms with E-state index in [9.17, 15) is 18.5 Å². The topological polar surface area (TPSA) is 140 Å². The van der Waals surface area contributed by atoms with Crippen molar-refractivity contribution in [2.75, 3.05) is 31.9 Å². The molecule has 0 spiro atoms. The number of aryl methyl sites for hydroxylation is 1. The smallest absolute Gasteiger partial charge is 0.268 e. The van der Waals surface area contributed by atoms with E-state index in [1.165, 1.54) is 18.7 Å². The molecule has 3 rings (SSSR count). The molecule has 10 nitrogen and oxygen atoms in total. The number of carbonyl (C=O) groups excluding carboxylic acids is 1. The molecule has 194 valence electrons. The van der Waals surface area contributed by atoms with Crippen molar-refractivity contribution in [3.8, 4) is 23.3 Å². The Labute approximate surface area is 219 Å². The van der Waals surface area contributed by atoms with Crippen molar-refractivity contribution in [2.24, 2.45) is 0 Å². The van der Waals surface area contributed by atoms with E-state index in [1.807, 2.05) is 30.3 Å². The Morgan fingerprint density at radius 2 is 1.86 bits per heavy atom. The minimum Gasteiger partial charge on any atom is -0.493 e. The van der Waals surface area contributed by atoms with E-state index in [-0.39, 0.29) is 10.7 Å². The number of nitrogens with one attached hydrogen (secondary N) is 1. The molecule has 0 radical (unpaired) electrons. The third-order valence-electron chi connectivity index (χ3n) is 4.97. The quantitative estimate of drug-likeness (QED) is 0.205. The second-order valence-corrected chi connectivity index (χ2v) is 10.4. The molecule has 0 saturated heterocycles. The van der Waals surface area contributed by atoms with Crippen molar-refractivity contribution in [2.45, 2.75) is 24.9 Å². The van der Waals surface area contributed by atoms with Crippen LogP contribution in [0.25, 0.3) is 6.08 Å². The first kappa shape index (κ1) is 27.6. The van der Waals surface area contributed by atoms with Crippen LogP contribution in [0.1, 0.15) is 24.5 Å². The number of carbonyl (C=O) groups is 1. The minimum atomic E-state index is -3.60. The van der Waals surface area contributed by atoms with E-state index in [4.69, 9.17) is 14.2 Å². The van der Waals surface area contributed by atoms with Gasteiger partial charge in [0.25, 0.3) is 11.1 Å². The highest BCUT2D eigenvalue weighted by Gasteiger charge is 2.17. The van der Waals surface area contributed by atoms with Gasteiger partial charge in [0, 0.05) is 24.2 Å². The molecule has 1 N–H and O–H groups in total. The summed E-state index contributed by atoms with van der Waals surface area (Å²) in [6.45, 7) is 3.00. The Bertz CT molecular complexity index is 1410. The lowest BCUT2D eigenvalue weighted by molar-refractivity contribution is -0.112. The van der Waals surface area contributed by atoms with E-state index in [1.54, 1.807) is 18.2 Å². The van der Waals surface area contributed by atoms with E-state index in [2.05, 4.69) is 21.6 Å². The molecular weight excluding hydrogens is 516 g/mol. The number of hydrogen-bond acceptors (Lipinski definition) is 10. The Morgan fingerprint density at radius 1 is 1.14 bits per heavy atom. The van der Waals surface area contributed by atoms with Crippen molar-refractivity contribution in [1.82, 2.24) is 9.36 Å². The first-order valence-corrected chi connectivity index (χ1v) is 13.9. The molecule has 0 saturated carbocycles. The maximum atomic E-state index is 12.5. The highest BCUT2D eigenvalue weighted by molar-refractivity contribution is 7.90. The Morgan fingerprint density at radius 3 is 2.49 bits per heavy atom. The molecule has 37 heavy (non-hydrogen) atoms. The average Bonchev–Trinajstić information content (AvgIpc) is 3.37. The average molecular weight is 543 g/mol. The van der Waals surface area contributed by atoms with Crippen LogP contribution in [0.15, 0.2) is 53.2 Å². The fraction of sp³-hybridized carbons (Fsp3) is 0.280. The van der Waals surface area contributed by atoms with Crippen LogP contribution in [0.5, 0.6) is 17.2 Å². The van der Waals surface area contributed by atoms with Gasteiger partial charge < -0.3 is 14.2 Å². The predicted molar refractivity (Wildman–Crippen MR) is 140 cm³/mol. The summed E-state index contributed by atoms with van der Waals surface area (Å²) in [6, 6.07) is 14.8. The zero-order valence-electron chi connectivity index (χ0n) is 20.6. The van der Waals surface area contributed by atoms with Gasteiger partial charge in [0.1, 0.15) is 17.4 Å². The van der Waals surface area contributed by atoms with Crippen LogP contribution in [0, 0.1) is 11.3 Å². The molecule has 0 bridgehead atoms. The fourth-order valence-corrected chi connectivity index (χ4v) is 4.48. The van der Waals surface area contributed by atoms with Crippen LogP contribution < -0.4 is 19.5 Å². The van der Waals surface area contributed by atoms with Crippen molar-refractivity contribution in [1.29, 1.82) is 5.26 Å². The molecule has 0 aliphatic carbocycles. The second kappa shape index (κ2) is 12.8. The summed E-state index contributed by atoms with van der Waals surface area (Å²) in [5, 5.41) is 11.4. The van der Waals surface area contributed by atoms with E-state index < -0.39 is 20.9 Å².